The summed E-state index contributed by atoms with van der Waals surface area (Å²) in [5, 5.41) is 3.16. The molecule has 144 valence electrons. The highest BCUT2D eigenvalue weighted by Crippen LogP contribution is 2.26. The van der Waals surface area contributed by atoms with E-state index in [-0.39, 0.29) is 20.5 Å². The Bertz CT molecular complexity index is 941. The molecule has 1 aliphatic rings. The topological polar surface area (TPSA) is 69.7 Å². The molecule has 1 N–H and O–H groups in total. The summed E-state index contributed by atoms with van der Waals surface area (Å²) in [5.74, 6) is -0.419. The Morgan fingerprint density at radius 3 is 2.26 bits per heavy atom. The van der Waals surface area contributed by atoms with Crippen LogP contribution >= 0.6 is 23.2 Å². The zero-order chi connectivity index (χ0) is 19.6. The number of sulfonamides is 1. The molecule has 0 bridgehead atoms. The van der Waals surface area contributed by atoms with Gasteiger partial charge in [0.05, 0.1) is 20.5 Å². The van der Waals surface area contributed by atoms with Crippen LogP contribution in [0.4, 0.5) is 5.69 Å². The Kier molecular flexibility index (Phi) is 6.08. The molecule has 1 fully saturated rings. The smallest absolute Gasteiger partial charge is 0.257 e. The molecular formula is C18H19Cl2N3O3S. The number of piperazine rings is 1. The van der Waals surface area contributed by atoms with E-state index in [1.807, 2.05) is 7.05 Å². The molecule has 1 saturated heterocycles. The fourth-order valence-corrected chi connectivity index (χ4v) is 4.57. The lowest BCUT2D eigenvalue weighted by molar-refractivity contribution is 0.102. The lowest BCUT2D eigenvalue weighted by atomic mass is 10.2. The van der Waals surface area contributed by atoms with Crippen LogP contribution in [0.5, 0.6) is 0 Å². The first-order valence-corrected chi connectivity index (χ1v) is 10.5. The highest BCUT2D eigenvalue weighted by Gasteiger charge is 2.27. The van der Waals surface area contributed by atoms with E-state index in [9.17, 15) is 13.2 Å². The van der Waals surface area contributed by atoms with Crippen molar-refractivity contribution < 1.29 is 13.2 Å². The van der Waals surface area contributed by atoms with E-state index in [0.29, 0.717) is 31.9 Å². The zero-order valence-electron chi connectivity index (χ0n) is 14.7. The number of hydrogen-bond acceptors (Lipinski definition) is 4. The summed E-state index contributed by atoms with van der Waals surface area (Å²) in [7, 11) is -1.57. The number of amides is 1. The number of likely N-dealkylation sites (N-methyl/N-ethyl adjacent to an activating group) is 1. The van der Waals surface area contributed by atoms with Crippen LogP contribution in [0, 0.1) is 0 Å². The standard InChI is InChI=1S/C18H19Cl2N3O3S/c1-22-9-11-23(12-10-22)27(25,26)14-7-5-13(6-8-14)21-18(24)15-3-2-4-16(19)17(15)20/h2-8H,9-12H2,1H3,(H,21,24). The maximum atomic E-state index is 12.7. The summed E-state index contributed by atoms with van der Waals surface area (Å²) in [6.07, 6.45) is 0. The van der Waals surface area contributed by atoms with Crippen molar-refractivity contribution in [2.24, 2.45) is 0 Å². The number of carbonyl (C=O) groups is 1. The molecule has 0 unspecified atom stereocenters. The maximum Gasteiger partial charge on any atom is 0.257 e. The van der Waals surface area contributed by atoms with Crippen LogP contribution < -0.4 is 5.32 Å². The molecule has 0 atom stereocenters. The molecule has 1 aliphatic heterocycles. The van der Waals surface area contributed by atoms with Gasteiger partial charge in [-0.3, -0.25) is 4.79 Å². The Hall–Kier alpha value is -1.64. The molecule has 2 aromatic rings. The number of nitrogens with one attached hydrogen (secondary N) is 1. The van der Waals surface area contributed by atoms with Crippen LogP contribution in [0.3, 0.4) is 0 Å². The molecule has 0 spiro atoms. The molecule has 0 radical (unpaired) electrons. The first-order valence-electron chi connectivity index (χ1n) is 8.33. The van der Waals surface area contributed by atoms with Crippen molar-refractivity contribution in [1.29, 1.82) is 0 Å². The van der Waals surface area contributed by atoms with Gasteiger partial charge in [0.2, 0.25) is 10.0 Å². The highest BCUT2D eigenvalue weighted by molar-refractivity contribution is 7.89. The van der Waals surface area contributed by atoms with E-state index in [2.05, 4.69) is 10.2 Å². The molecule has 0 saturated carbocycles. The molecule has 9 heteroatoms. The Morgan fingerprint density at radius 2 is 1.63 bits per heavy atom. The largest absolute Gasteiger partial charge is 0.322 e. The second kappa shape index (κ2) is 8.16. The molecule has 6 nitrogen and oxygen atoms in total. The lowest BCUT2D eigenvalue weighted by Gasteiger charge is -2.31. The van der Waals surface area contributed by atoms with Crippen LogP contribution in [0.1, 0.15) is 10.4 Å². The SMILES string of the molecule is CN1CCN(S(=O)(=O)c2ccc(NC(=O)c3cccc(Cl)c3Cl)cc2)CC1. The monoisotopic (exact) mass is 427 g/mol. The van der Waals surface area contributed by atoms with E-state index in [1.165, 1.54) is 16.4 Å². The Balaban J connectivity index is 1.73. The van der Waals surface area contributed by atoms with Gasteiger partial charge in [0.1, 0.15) is 0 Å². The number of benzene rings is 2. The average molecular weight is 428 g/mol. The van der Waals surface area contributed by atoms with Gasteiger partial charge in [-0.1, -0.05) is 29.3 Å². The second-order valence-corrected chi connectivity index (χ2v) is 9.01. The maximum absolute atomic E-state index is 12.7. The van der Waals surface area contributed by atoms with Gasteiger partial charge >= 0.3 is 0 Å². The van der Waals surface area contributed by atoms with Crippen LogP contribution in [-0.2, 0) is 10.0 Å². The number of carbonyl (C=O) groups excluding carboxylic acids is 1. The fraction of sp³-hybridized carbons (Fsp3) is 0.278. The van der Waals surface area contributed by atoms with Crippen molar-refractivity contribution in [2.75, 3.05) is 38.5 Å². The highest BCUT2D eigenvalue weighted by atomic mass is 35.5. The quantitative estimate of drug-likeness (QED) is 0.812. The molecule has 27 heavy (non-hydrogen) atoms. The molecule has 0 aromatic heterocycles. The third-order valence-corrected chi connectivity index (χ3v) is 7.14. The molecule has 1 amide bonds. The van der Waals surface area contributed by atoms with Crippen molar-refractivity contribution >= 4 is 44.8 Å². The van der Waals surface area contributed by atoms with Gasteiger partial charge in [-0.2, -0.15) is 4.31 Å². The van der Waals surface area contributed by atoms with Crippen LogP contribution in [0.2, 0.25) is 10.0 Å². The molecule has 0 aliphatic carbocycles. The summed E-state index contributed by atoms with van der Waals surface area (Å²) in [6.45, 7) is 2.33. The van der Waals surface area contributed by atoms with Crippen LogP contribution in [-0.4, -0.2) is 56.8 Å². The van der Waals surface area contributed by atoms with Crippen molar-refractivity contribution in [1.82, 2.24) is 9.21 Å². The minimum absolute atomic E-state index is 0.172. The minimum Gasteiger partial charge on any atom is -0.322 e. The average Bonchev–Trinajstić information content (AvgIpc) is 2.64. The fourth-order valence-electron chi connectivity index (χ4n) is 2.77. The van der Waals surface area contributed by atoms with E-state index in [4.69, 9.17) is 23.2 Å². The lowest BCUT2D eigenvalue weighted by Crippen LogP contribution is -2.46. The van der Waals surface area contributed by atoms with Crippen LogP contribution in [0.25, 0.3) is 0 Å². The predicted octanol–water partition coefficient (Wildman–Crippen LogP) is 3.18. The third-order valence-electron chi connectivity index (χ3n) is 4.41. The number of nitrogens with zero attached hydrogens (tertiary/aromatic N) is 2. The van der Waals surface area contributed by atoms with Gasteiger partial charge in [-0.25, -0.2) is 8.42 Å². The van der Waals surface area contributed by atoms with Crippen molar-refractivity contribution in [3.05, 3.63) is 58.1 Å². The van der Waals surface area contributed by atoms with Crippen molar-refractivity contribution in [3.63, 3.8) is 0 Å². The predicted molar refractivity (Wildman–Crippen MR) is 107 cm³/mol. The number of rotatable bonds is 4. The number of hydrogen-bond donors (Lipinski definition) is 1. The van der Waals surface area contributed by atoms with Crippen LogP contribution in [0.15, 0.2) is 47.4 Å². The molecule has 2 aromatic carbocycles. The van der Waals surface area contributed by atoms with Gasteiger partial charge < -0.3 is 10.2 Å². The summed E-state index contributed by atoms with van der Waals surface area (Å²) < 4.78 is 26.9. The van der Waals surface area contributed by atoms with Crippen molar-refractivity contribution in [2.45, 2.75) is 4.90 Å². The number of anilines is 1. The summed E-state index contributed by atoms with van der Waals surface area (Å²) in [6, 6.07) is 10.9. The van der Waals surface area contributed by atoms with E-state index in [0.717, 1.165) is 0 Å². The van der Waals surface area contributed by atoms with Crippen molar-refractivity contribution in [3.8, 4) is 0 Å². The zero-order valence-corrected chi connectivity index (χ0v) is 17.0. The third kappa shape index (κ3) is 4.44. The summed E-state index contributed by atoms with van der Waals surface area (Å²) >= 11 is 12.0. The number of halogens is 2. The van der Waals surface area contributed by atoms with E-state index >= 15 is 0 Å². The Morgan fingerprint density at radius 1 is 1.00 bits per heavy atom. The van der Waals surface area contributed by atoms with Gasteiger partial charge in [-0.05, 0) is 43.4 Å². The summed E-state index contributed by atoms with van der Waals surface area (Å²) in [5.41, 5.74) is 0.715. The van der Waals surface area contributed by atoms with Gasteiger partial charge in [0.25, 0.3) is 5.91 Å². The minimum atomic E-state index is -3.54. The second-order valence-electron chi connectivity index (χ2n) is 6.29. The molecular weight excluding hydrogens is 409 g/mol. The first-order chi connectivity index (χ1) is 12.8. The van der Waals surface area contributed by atoms with E-state index < -0.39 is 15.9 Å². The van der Waals surface area contributed by atoms with Gasteiger partial charge in [0.15, 0.2) is 0 Å². The van der Waals surface area contributed by atoms with Gasteiger partial charge in [-0.15, -0.1) is 0 Å². The normalized spacial score (nSPS) is 16.3. The molecule has 3 rings (SSSR count). The van der Waals surface area contributed by atoms with E-state index in [1.54, 1.807) is 30.3 Å². The molecule has 1 heterocycles. The summed E-state index contributed by atoms with van der Waals surface area (Å²) in [4.78, 5) is 14.7. The van der Waals surface area contributed by atoms with Gasteiger partial charge in [0, 0.05) is 31.9 Å². The first kappa shape index (κ1) is 20.1. The Labute approximate surface area is 168 Å².